The molecule has 3 rings (SSSR count). The Morgan fingerprint density at radius 3 is 2.29 bits per heavy atom. The van der Waals surface area contributed by atoms with Crippen molar-refractivity contribution in [2.24, 2.45) is 17.6 Å². The minimum Gasteiger partial charge on any atom is -0.371 e. The minimum absolute atomic E-state index is 0.743. The molecule has 1 heterocycles. The molecule has 2 aliphatic rings. The van der Waals surface area contributed by atoms with Crippen LogP contribution in [-0.4, -0.2) is 19.6 Å². The maximum Gasteiger partial charge on any atom is 0.0366 e. The summed E-state index contributed by atoms with van der Waals surface area (Å²) >= 11 is 0. The molecule has 17 heavy (non-hydrogen) atoms. The molecule has 0 amide bonds. The van der Waals surface area contributed by atoms with E-state index in [0.717, 1.165) is 24.8 Å². The molecule has 0 spiro atoms. The summed E-state index contributed by atoms with van der Waals surface area (Å²) in [7, 11) is 0. The van der Waals surface area contributed by atoms with E-state index >= 15 is 0 Å². The summed E-state index contributed by atoms with van der Waals surface area (Å²) in [6.07, 6.45) is 5.35. The van der Waals surface area contributed by atoms with Gasteiger partial charge in [-0.05, 0) is 55.3 Å². The Morgan fingerprint density at radius 2 is 1.71 bits per heavy atom. The van der Waals surface area contributed by atoms with E-state index in [-0.39, 0.29) is 0 Å². The Bertz CT molecular complexity index is 359. The highest BCUT2D eigenvalue weighted by atomic mass is 15.2. The fraction of sp³-hybridized carbons (Fsp3) is 0.600. The Labute approximate surface area is 104 Å². The molecule has 92 valence electrons. The normalized spacial score (nSPS) is 27.5. The van der Waals surface area contributed by atoms with Crippen molar-refractivity contribution in [1.82, 2.24) is 0 Å². The third-order valence-corrected chi connectivity index (χ3v) is 4.46. The maximum absolute atomic E-state index is 5.57. The fourth-order valence-corrected chi connectivity index (χ4v) is 3.49. The molecule has 1 saturated heterocycles. The number of hydrogen-bond acceptors (Lipinski definition) is 2. The first-order valence-corrected chi connectivity index (χ1v) is 6.91. The summed E-state index contributed by atoms with van der Waals surface area (Å²) in [5, 5.41) is 0. The summed E-state index contributed by atoms with van der Waals surface area (Å²) in [6.45, 7) is 3.30. The SMILES string of the molecule is NCCc1ccc(N2CC3CCCC3C2)cc1. The molecule has 2 unspecified atom stereocenters. The van der Waals surface area contributed by atoms with E-state index in [0.29, 0.717) is 0 Å². The zero-order valence-corrected chi connectivity index (χ0v) is 10.4. The van der Waals surface area contributed by atoms with Crippen LogP contribution in [0.15, 0.2) is 24.3 Å². The monoisotopic (exact) mass is 230 g/mol. The van der Waals surface area contributed by atoms with Crippen LogP contribution in [0.25, 0.3) is 0 Å². The molecule has 1 aliphatic carbocycles. The molecule has 1 saturated carbocycles. The topological polar surface area (TPSA) is 29.3 Å². The second-order valence-electron chi connectivity index (χ2n) is 5.56. The van der Waals surface area contributed by atoms with Crippen LogP contribution in [0.1, 0.15) is 24.8 Å². The highest BCUT2D eigenvalue weighted by Crippen LogP contribution is 2.39. The summed E-state index contributed by atoms with van der Waals surface area (Å²) in [4.78, 5) is 2.57. The van der Waals surface area contributed by atoms with E-state index in [2.05, 4.69) is 29.2 Å². The van der Waals surface area contributed by atoms with Gasteiger partial charge in [-0.1, -0.05) is 18.6 Å². The first-order valence-electron chi connectivity index (χ1n) is 6.91. The van der Waals surface area contributed by atoms with Crippen LogP contribution >= 0.6 is 0 Å². The Kier molecular flexibility index (Phi) is 3.06. The fourth-order valence-electron chi connectivity index (χ4n) is 3.49. The molecule has 1 aromatic rings. The summed E-state index contributed by atoms with van der Waals surface area (Å²) in [5.74, 6) is 1.94. The largest absolute Gasteiger partial charge is 0.371 e. The Morgan fingerprint density at radius 1 is 1.06 bits per heavy atom. The van der Waals surface area contributed by atoms with Gasteiger partial charge in [0.25, 0.3) is 0 Å². The van der Waals surface area contributed by atoms with Gasteiger partial charge in [-0.15, -0.1) is 0 Å². The molecular formula is C15H22N2. The van der Waals surface area contributed by atoms with Crippen molar-refractivity contribution in [1.29, 1.82) is 0 Å². The van der Waals surface area contributed by atoms with Gasteiger partial charge in [-0.25, -0.2) is 0 Å². The van der Waals surface area contributed by atoms with Crippen molar-refractivity contribution in [3.63, 3.8) is 0 Å². The number of anilines is 1. The van der Waals surface area contributed by atoms with E-state index in [9.17, 15) is 0 Å². The van der Waals surface area contributed by atoms with Gasteiger partial charge in [0.2, 0.25) is 0 Å². The highest BCUT2D eigenvalue weighted by molar-refractivity contribution is 5.49. The van der Waals surface area contributed by atoms with Gasteiger partial charge < -0.3 is 10.6 Å². The lowest BCUT2D eigenvalue weighted by molar-refractivity contribution is 0.494. The van der Waals surface area contributed by atoms with Crippen LogP contribution in [0, 0.1) is 11.8 Å². The molecule has 0 radical (unpaired) electrons. The second kappa shape index (κ2) is 4.69. The predicted molar refractivity (Wildman–Crippen MR) is 72.2 cm³/mol. The standard InChI is InChI=1S/C15H22N2/c16-9-8-12-4-6-15(7-5-12)17-10-13-2-1-3-14(13)11-17/h4-7,13-14H,1-3,8-11,16H2. The Balaban J connectivity index is 1.68. The zero-order valence-electron chi connectivity index (χ0n) is 10.4. The maximum atomic E-state index is 5.57. The van der Waals surface area contributed by atoms with Crippen LogP contribution in [0.2, 0.25) is 0 Å². The average Bonchev–Trinajstić information content (AvgIpc) is 2.90. The first-order chi connectivity index (χ1) is 8.36. The van der Waals surface area contributed by atoms with Gasteiger partial charge in [0.1, 0.15) is 0 Å². The molecule has 2 fully saturated rings. The van der Waals surface area contributed by atoms with E-state index in [1.54, 1.807) is 0 Å². The van der Waals surface area contributed by atoms with Gasteiger partial charge in [0.15, 0.2) is 0 Å². The molecule has 2 N–H and O–H groups in total. The van der Waals surface area contributed by atoms with Gasteiger partial charge in [-0.2, -0.15) is 0 Å². The van der Waals surface area contributed by atoms with Crippen LogP contribution in [-0.2, 0) is 6.42 Å². The zero-order chi connectivity index (χ0) is 11.7. The number of hydrogen-bond donors (Lipinski definition) is 1. The van der Waals surface area contributed by atoms with Crippen LogP contribution in [0.4, 0.5) is 5.69 Å². The van der Waals surface area contributed by atoms with Crippen LogP contribution in [0.5, 0.6) is 0 Å². The number of fused-ring (bicyclic) bond motifs is 1. The minimum atomic E-state index is 0.743. The molecule has 2 nitrogen and oxygen atoms in total. The molecule has 2 atom stereocenters. The summed E-state index contributed by atoms with van der Waals surface area (Å²) in [6, 6.07) is 9.00. The number of rotatable bonds is 3. The smallest absolute Gasteiger partial charge is 0.0366 e. The summed E-state index contributed by atoms with van der Waals surface area (Å²) < 4.78 is 0. The molecule has 1 aromatic carbocycles. The third-order valence-electron chi connectivity index (χ3n) is 4.46. The van der Waals surface area contributed by atoms with Crippen LogP contribution in [0.3, 0.4) is 0 Å². The van der Waals surface area contributed by atoms with Crippen molar-refractivity contribution in [2.45, 2.75) is 25.7 Å². The lowest BCUT2D eigenvalue weighted by Gasteiger charge is -2.19. The van der Waals surface area contributed by atoms with E-state index in [1.165, 1.54) is 43.6 Å². The van der Waals surface area contributed by atoms with Crippen molar-refractivity contribution in [3.05, 3.63) is 29.8 Å². The third kappa shape index (κ3) is 2.19. The number of nitrogens with two attached hydrogens (primary N) is 1. The highest BCUT2D eigenvalue weighted by Gasteiger charge is 2.35. The molecular weight excluding hydrogens is 208 g/mol. The summed E-state index contributed by atoms with van der Waals surface area (Å²) in [5.41, 5.74) is 8.33. The van der Waals surface area contributed by atoms with Crippen molar-refractivity contribution < 1.29 is 0 Å². The molecule has 0 aromatic heterocycles. The average molecular weight is 230 g/mol. The van der Waals surface area contributed by atoms with E-state index in [4.69, 9.17) is 5.73 Å². The van der Waals surface area contributed by atoms with Gasteiger partial charge in [0.05, 0.1) is 0 Å². The molecule has 2 heteroatoms. The lowest BCUT2D eigenvalue weighted by atomic mass is 10.0. The first kappa shape index (κ1) is 11.1. The van der Waals surface area contributed by atoms with Gasteiger partial charge in [-0.3, -0.25) is 0 Å². The predicted octanol–water partition coefficient (Wildman–Crippen LogP) is 2.42. The van der Waals surface area contributed by atoms with E-state index in [1.807, 2.05) is 0 Å². The van der Waals surface area contributed by atoms with Crippen molar-refractivity contribution >= 4 is 5.69 Å². The van der Waals surface area contributed by atoms with Gasteiger partial charge >= 0.3 is 0 Å². The number of nitrogens with zero attached hydrogens (tertiary/aromatic N) is 1. The van der Waals surface area contributed by atoms with Crippen molar-refractivity contribution in [2.75, 3.05) is 24.5 Å². The van der Waals surface area contributed by atoms with Gasteiger partial charge in [0, 0.05) is 18.8 Å². The second-order valence-corrected chi connectivity index (χ2v) is 5.56. The van der Waals surface area contributed by atoms with Crippen LogP contribution < -0.4 is 10.6 Å². The number of benzene rings is 1. The molecule has 0 bridgehead atoms. The molecule has 1 aliphatic heterocycles. The Hall–Kier alpha value is -1.02. The van der Waals surface area contributed by atoms with Crippen molar-refractivity contribution in [3.8, 4) is 0 Å². The quantitative estimate of drug-likeness (QED) is 0.864. The van der Waals surface area contributed by atoms with E-state index < -0.39 is 0 Å². The lowest BCUT2D eigenvalue weighted by Crippen LogP contribution is -2.20.